The number of carbonyl (C=O) groups is 2. The summed E-state index contributed by atoms with van der Waals surface area (Å²) in [6.07, 6.45) is 0. The zero-order chi connectivity index (χ0) is 15.3. The molecule has 0 aliphatic carbocycles. The Labute approximate surface area is 117 Å². The third kappa shape index (κ3) is 3.40. The molecule has 1 amide bonds. The molecule has 6 nitrogen and oxygen atoms in total. The van der Waals surface area contributed by atoms with Gasteiger partial charge in [-0.15, -0.1) is 0 Å². The topological polar surface area (TPSA) is 84.9 Å². The minimum atomic E-state index is -1.07. The number of para-hydroxylation sites is 1. The van der Waals surface area contributed by atoms with Gasteiger partial charge in [0.05, 0.1) is 19.8 Å². The summed E-state index contributed by atoms with van der Waals surface area (Å²) in [7, 11) is 2.89. The number of hydrogen-bond acceptors (Lipinski definition) is 4. The van der Waals surface area contributed by atoms with E-state index in [4.69, 9.17) is 14.6 Å². The van der Waals surface area contributed by atoms with E-state index < -0.39 is 17.9 Å². The van der Waals surface area contributed by atoms with Crippen LogP contribution < -0.4 is 14.8 Å². The van der Waals surface area contributed by atoms with Gasteiger partial charge in [0, 0.05) is 0 Å². The lowest BCUT2D eigenvalue weighted by Crippen LogP contribution is -2.44. The smallest absolute Gasteiger partial charge is 0.326 e. The van der Waals surface area contributed by atoms with Crippen molar-refractivity contribution in [3.8, 4) is 11.5 Å². The van der Waals surface area contributed by atoms with E-state index in [0.29, 0.717) is 5.75 Å². The zero-order valence-electron chi connectivity index (χ0n) is 12.0. The number of ether oxygens (including phenoxy) is 2. The molecule has 0 unspecified atom stereocenters. The molecule has 2 N–H and O–H groups in total. The van der Waals surface area contributed by atoms with Crippen LogP contribution in [0.3, 0.4) is 0 Å². The standard InChI is InChI=1S/C14H19NO5/c1-8(2)11(14(17)18)15-13(16)9-6-5-7-10(19-3)12(9)20-4/h5-8,11H,1-4H3,(H,15,16)(H,17,18)/t11-/m0/s1. The molecule has 0 fully saturated rings. The highest BCUT2D eigenvalue weighted by Gasteiger charge is 2.26. The lowest BCUT2D eigenvalue weighted by molar-refractivity contribution is -0.140. The average molecular weight is 281 g/mol. The molecule has 20 heavy (non-hydrogen) atoms. The van der Waals surface area contributed by atoms with Gasteiger partial charge in [-0.05, 0) is 18.1 Å². The highest BCUT2D eigenvalue weighted by Crippen LogP contribution is 2.30. The van der Waals surface area contributed by atoms with E-state index in [-0.39, 0.29) is 17.2 Å². The Hall–Kier alpha value is -2.24. The molecule has 0 saturated carbocycles. The number of carboxylic acid groups (broad SMARTS) is 1. The summed E-state index contributed by atoms with van der Waals surface area (Å²) in [6.45, 7) is 3.45. The molecule has 0 aliphatic heterocycles. The van der Waals surface area contributed by atoms with Crippen LogP contribution in [0.4, 0.5) is 0 Å². The predicted octanol–water partition coefficient (Wildman–Crippen LogP) is 1.54. The van der Waals surface area contributed by atoms with Crippen LogP contribution >= 0.6 is 0 Å². The van der Waals surface area contributed by atoms with Crippen molar-refractivity contribution in [3.63, 3.8) is 0 Å². The summed E-state index contributed by atoms with van der Waals surface area (Å²) in [4.78, 5) is 23.3. The first-order valence-electron chi connectivity index (χ1n) is 6.17. The monoisotopic (exact) mass is 281 g/mol. The summed E-state index contributed by atoms with van der Waals surface area (Å²) in [5, 5.41) is 11.6. The fraction of sp³-hybridized carbons (Fsp3) is 0.429. The zero-order valence-corrected chi connectivity index (χ0v) is 12.0. The highest BCUT2D eigenvalue weighted by molar-refractivity contribution is 5.99. The maximum absolute atomic E-state index is 12.2. The number of hydrogen-bond donors (Lipinski definition) is 2. The first kappa shape index (κ1) is 15.8. The van der Waals surface area contributed by atoms with Gasteiger partial charge in [-0.2, -0.15) is 0 Å². The third-order valence-electron chi connectivity index (χ3n) is 2.87. The molecule has 1 rings (SSSR count). The van der Waals surface area contributed by atoms with Gasteiger partial charge in [0.2, 0.25) is 0 Å². The van der Waals surface area contributed by atoms with Gasteiger partial charge >= 0.3 is 5.97 Å². The van der Waals surface area contributed by atoms with Gasteiger partial charge in [-0.1, -0.05) is 19.9 Å². The maximum Gasteiger partial charge on any atom is 0.326 e. The Bertz CT molecular complexity index is 498. The molecule has 0 aliphatic rings. The summed E-state index contributed by atoms with van der Waals surface area (Å²) in [5.74, 6) is -1.12. The van der Waals surface area contributed by atoms with Crippen molar-refractivity contribution in [3.05, 3.63) is 23.8 Å². The van der Waals surface area contributed by atoms with Crippen molar-refractivity contribution in [2.75, 3.05) is 14.2 Å². The quantitative estimate of drug-likeness (QED) is 0.826. The number of methoxy groups -OCH3 is 2. The number of carboxylic acids is 1. The predicted molar refractivity (Wildman–Crippen MR) is 73.3 cm³/mol. The molecule has 1 atom stereocenters. The summed E-state index contributed by atoms with van der Waals surface area (Å²) in [6, 6.07) is 3.89. The molecule has 0 spiro atoms. The molecule has 0 radical (unpaired) electrons. The number of nitrogens with one attached hydrogen (secondary N) is 1. The van der Waals surface area contributed by atoms with Crippen molar-refractivity contribution in [2.24, 2.45) is 5.92 Å². The van der Waals surface area contributed by atoms with Gasteiger partial charge < -0.3 is 19.9 Å². The maximum atomic E-state index is 12.2. The second-order valence-corrected chi connectivity index (χ2v) is 4.57. The number of rotatable bonds is 6. The molecule has 110 valence electrons. The lowest BCUT2D eigenvalue weighted by atomic mass is 10.0. The molecular formula is C14H19NO5. The Morgan fingerprint density at radius 2 is 1.85 bits per heavy atom. The molecule has 1 aromatic carbocycles. The number of benzene rings is 1. The van der Waals surface area contributed by atoms with Crippen molar-refractivity contribution in [1.82, 2.24) is 5.32 Å². The number of carbonyl (C=O) groups excluding carboxylic acids is 1. The van der Waals surface area contributed by atoms with E-state index in [1.54, 1.807) is 32.0 Å². The first-order chi connectivity index (χ1) is 9.42. The van der Waals surface area contributed by atoms with Crippen molar-refractivity contribution in [2.45, 2.75) is 19.9 Å². The van der Waals surface area contributed by atoms with Gasteiger partial charge in [-0.3, -0.25) is 4.79 Å². The molecule has 0 saturated heterocycles. The minimum Gasteiger partial charge on any atom is -0.493 e. The van der Waals surface area contributed by atoms with Crippen LogP contribution in [0, 0.1) is 5.92 Å². The Morgan fingerprint density at radius 3 is 2.30 bits per heavy atom. The van der Waals surface area contributed by atoms with Crippen molar-refractivity contribution in [1.29, 1.82) is 0 Å². The second-order valence-electron chi connectivity index (χ2n) is 4.57. The Morgan fingerprint density at radius 1 is 1.20 bits per heavy atom. The van der Waals surface area contributed by atoms with Gasteiger partial charge in [0.25, 0.3) is 5.91 Å². The van der Waals surface area contributed by atoms with E-state index in [2.05, 4.69) is 5.32 Å². The average Bonchev–Trinajstić information content (AvgIpc) is 2.42. The van der Waals surface area contributed by atoms with Crippen LogP contribution in [-0.2, 0) is 4.79 Å². The Balaban J connectivity index is 3.06. The van der Waals surface area contributed by atoms with Crippen LogP contribution in [0.2, 0.25) is 0 Å². The van der Waals surface area contributed by atoms with Crippen LogP contribution in [0.5, 0.6) is 11.5 Å². The number of aliphatic carboxylic acids is 1. The van der Waals surface area contributed by atoms with E-state index in [1.165, 1.54) is 14.2 Å². The van der Waals surface area contributed by atoms with E-state index in [1.807, 2.05) is 0 Å². The third-order valence-corrected chi connectivity index (χ3v) is 2.87. The van der Waals surface area contributed by atoms with Gasteiger partial charge in [0.15, 0.2) is 11.5 Å². The Kier molecular flexibility index (Phi) is 5.37. The molecule has 1 aromatic rings. The molecule has 0 heterocycles. The second kappa shape index (κ2) is 6.79. The van der Waals surface area contributed by atoms with Gasteiger partial charge in [0.1, 0.15) is 6.04 Å². The normalized spacial score (nSPS) is 11.8. The van der Waals surface area contributed by atoms with E-state index >= 15 is 0 Å². The molecule has 0 aromatic heterocycles. The largest absolute Gasteiger partial charge is 0.493 e. The molecule has 0 bridgehead atoms. The van der Waals surface area contributed by atoms with Crippen LogP contribution in [0.25, 0.3) is 0 Å². The number of amides is 1. The summed E-state index contributed by atoms with van der Waals surface area (Å²) < 4.78 is 10.3. The highest BCUT2D eigenvalue weighted by atomic mass is 16.5. The van der Waals surface area contributed by atoms with E-state index in [9.17, 15) is 9.59 Å². The fourth-order valence-electron chi connectivity index (χ4n) is 1.80. The van der Waals surface area contributed by atoms with Crippen LogP contribution in [0.15, 0.2) is 18.2 Å². The van der Waals surface area contributed by atoms with Crippen LogP contribution in [0.1, 0.15) is 24.2 Å². The fourth-order valence-corrected chi connectivity index (χ4v) is 1.80. The van der Waals surface area contributed by atoms with Crippen molar-refractivity contribution < 1.29 is 24.2 Å². The lowest BCUT2D eigenvalue weighted by Gasteiger charge is -2.19. The SMILES string of the molecule is COc1cccc(C(=O)N[C@H](C(=O)O)C(C)C)c1OC. The van der Waals surface area contributed by atoms with E-state index in [0.717, 1.165) is 0 Å². The van der Waals surface area contributed by atoms with Gasteiger partial charge in [-0.25, -0.2) is 4.79 Å². The van der Waals surface area contributed by atoms with Crippen molar-refractivity contribution >= 4 is 11.9 Å². The molecular weight excluding hydrogens is 262 g/mol. The van der Waals surface area contributed by atoms with Crippen LogP contribution in [-0.4, -0.2) is 37.2 Å². The minimum absolute atomic E-state index is 0.229. The summed E-state index contributed by atoms with van der Waals surface area (Å²) >= 11 is 0. The summed E-state index contributed by atoms with van der Waals surface area (Å²) in [5.41, 5.74) is 0.235. The molecule has 6 heteroatoms. The first-order valence-corrected chi connectivity index (χ1v) is 6.17.